The third-order valence-electron chi connectivity index (χ3n) is 3.93. The molecule has 1 fully saturated rings. The van der Waals surface area contributed by atoms with Gasteiger partial charge in [0, 0.05) is 0 Å². The summed E-state index contributed by atoms with van der Waals surface area (Å²) < 4.78 is 26.1. The van der Waals surface area contributed by atoms with Crippen LogP contribution in [0.15, 0.2) is 18.2 Å². The summed E-state index contributed by atoms with van der Waals surface area (Å²) in [6.45, 7) is 8.43. The SMILES string of the molecule is CC(C)CNCC1CC1(C)c1ccc(F)c(F)c1. The fourth-order valence-corrected chi connectivity index (χ4v) is 2.50. The minimum Gasteiger partial charge on any atom is -0.316 e. The second kappa shape index (κ2) is 4.96. The van der Waals surface area contributed by atoms with Crippen molar-refractivity contribution in [2.75, 3.05) is 13.1 Å². The van der Waals surface area contributed by atoms with Gasteiger partial charge in [-0.15, -0.1) is 0 Å². The zero-order valence-corrected chi connectivity index (χ0v) is 11.3. The molecule has 0 bridgehead atoms. The smallest absolute Gasteiger partial charge is 0.159 e. The molecule has 0 amide bonds. The molecule has 1 aromatic carbocycles. The molecule has 2 rings (SSSR count). The summed E-state index contributed by atoms with van der Waals surface area (Å²) >= 11 is 0. The second-order valence-electron chi connectivity index (χ2n) is 6.00. The highest BCUT2D eigenvalue weighted by atomic mass is 19.2. The summed E-state index contributed by atoms with van der Waals surface area (Å²) in [5, 5.41) is 3.43. The Kier molecular flexibility index (Phi) is 3.71. The minimum atomic E-state index is -0.766. The Balaban J connectivity index is 1.95. The van der Waals surface area contributed by atoms with E-state index in [1.165, 1.54) is 12.1 Å². The van der Waals surface area contributed by atoms with Crippen molar-refractivity contribution < 1.29 is 8.78 Å². The maximum Gasteiger partial charge on any atom is 0.159 e. The van der Waals surface area contributed by atoms with Crippen LogP contribution in [0.1, 0.15) is 32.8 Å². The normalized spacial score (nSPS) is 26.7. The van der Waals surface area contributed by atoms with Crippen LogP contribution in [0, 0.1) is 23.5 Å². The molecule has 0 spiro atoms. The van der Waals surface area contributed by atoms with Gasteiger partial charge in [-0.2, -0.15) is 0 Å². The van der Waals surface area contributed by atoms with Crippen LogP contribution in [0.5, 0.6) is 0 Å². The van der Waals surface area contributed by atoms with Crippen LogP contribution in [0.4, 0.5) is 8.78 Å². The zero-order chi connectivity index (χ0) is 13.3. The van der Waals surface area contributed by atoms with Gasteiger partial charge in [-0.25, -0.2) is 8.78 Å². The van der Waals surface area contributed by atoms with E-state index >= 15 is 0 Å². The van der Waals surface area contributed by atoms with Crippen LogP contribution in [0.2, 0.25) is 0 Å². The average molecular weight is 253 g/mol. The molecule has 0 heterocycles. The van der Waals surface area contributed by atoms with Gasteiger partial charge in [0.1, 0.15) is 0 Å². The summed E-state index contributed by atoms with van der Waals surface area (Å²) in [6.07, 6.45) is 1.04. The van der Waals surface area contributed by atoms with Gasteiger partial charge in [0.25, 0.3) is 0 Å². The summed E-state index contributed by atoms with van der Waals surface area (Å²) in [5.74, 6) is -0.341. The van der Waals surface area contributed by atoms with Gasteiger partial charge < -0.3 is 5.32 Å². The molecule has 2 atom stereocenters. The fourth-order valence-electron chi connectivity index (χ4n) is 2.50. The van der Waals surface area contributed by atoms with E-state index in [1.807, 2.05) is 0 Å². The van der Waals surface area contributed by atoms with Crippen LogP contribution < -0.4 is 5.32 Å². The number of benzene rings is 1. The van der Waals surface area contributed by atoms with E-state index in [4.69, 9.17) is 0 Å². The van der Waals surface area contributed by atoms with E-state index in [9.17, 15) is 8.78 Å². The molecule has 1 saturated carbocycles. The third kappa shape index (κ3) is 2.72. The first-order valence-corrected chi connectivity index (χ1v) is 6.59. The van der Waals surface area contributed by atoms with E-state index in [0.29, 0.717) is 11.8 Å². The maximum atomic E-state index is 13.2. The zero-order valence-electron chi connectivity index (χ0n) is 11.3. The Bertz CT molecular complexity index is 431. The first-order valence-electron chi connectivity index (χ1n) is 6.59. The van der Waals surface area contributed by atoms with Gasteiger partial charge in [0.15, 0.2) is 11.6 Å². The standard InChI is InChI=1S/C15H21F2N/c1-10(2)8-18-9-12-7-15(12,3)11-4-5-13(16)14(17)6-11/h4-6,10,12,18H,7-9H2,1-3H3. The number of hydrogen-bond donors (Lipinski definition) is 1. The van der Waals surface area contributed by atoms with Crippen LogP contribution >= 0.6 is 0 Å². The Hall–Kier alpha value is -0.960. The molecule has 1 aliphatic carbocycles. The number of rotatable bonds is 5. The molecule has 0 aromatic heterocycles. The fraction of sp³-hybridized carbons (Fsp3) is 0.600. The molecule has 0 saturated heterocycles. The third-order valence-corrected chi connectivity index (χ3v) is 3.93. The molecule has 2 unspecified atom stereocenters. The lowest BCUT2D eigenvalue weighted by molar-refractivity contribution is 0.498. The Morgan fingerprint density at radius 2 is 2.06 bits per heavy atom. The summed E-state index contributed by atoms with van der Waals surface area (Å²) in [6, 6.07) is 4.28. The van der Waals surface area contributed by atoms with Crippen molar-refractivity contribution in [3.05, 3.63) is 35.4 Å². The Morgan fingerprint density at radius 3 is 2.67 bits per heavy atom. The molecular formula is C15H21F2N. The second-order valence-corrected chi connectivity index (χ2v) is 6.00. The highest BCUT2D eigenvalue weighted by Crippen LogP contribution is 2.53. The Morgan fingerprint density at radius 1 is 1.33 bits per heavy atom. The predicted molar refractivity (Wildman–Crippen MR) is 69.5 cm³/mol. The van der Waals surface area contributed by atoms with E-state index in [-0.39, 0.29) is 5.41 Å². The molecule has 1 aliphatic rings. The molecule has 1 aromatic rings. The van der Waals surface area contributed by atoms with Gasteiger partial charge in [-0.05, 0) is 54.5 Å². The lowest BCUT2D eigenvalue weighted by atomic mass is 9.95. The molecule has 1 N–H and O–H groups in total. The van der Waals surface area contributed by atoms with Crippen molar-refractivity contribution in [2.45, 2.75) is 32.6 Å². The van der Waals surface area contributed by atoms with E-state index in [1.54, 1.807) is 6.07 Å². The summed E-state index contributed by atoms with van der Waals surface area (Å²) in [5.41, 5.74) is 0.927. The quantitative estimate of drug-likeness (QED) is 0.847. The van der Waals surface area contributed by atoms with Crippen molar-refractivity contribution in [2.24, 2.45) is 11.8 Å². The van der Waals surface area contributed by atoms with Crippen molar-refractivity contribution in [1.82, 2.24) is 5.32 Å². The first kappa shape index (κ1) is 13.5. The van der Waals surface area contributed by atoms with E-state index < -0.39 is 11.6 Å². The predicted octanol–water partition coefficient (Wildman–Crippen LogP) is 3.49. The van der Waals surface area contributed by atoms with Crippen molar-refractivity contribution >= 4 is 0 Å². The first-order chi connectivity index (χ1) is 8.43. The molecule has 3 heteroatoms. The molecule has 100 valence electrons. The van der Waals surface area contributed by atoms with Gasteiger partial charge in [0.2, 0.25) is 0 Å². The van der Waals surface area contributed by atoms with E-state index in [0.717, 1.165) is 25.1 Å². The highest BCUT2D eigenvalue weighted by molar-refractivity contribution is 5.33. The van der Waals surface area contributed by atoms with Gasteiger partial charge in [-0.3, -0.25) is 0 Å². The van der Waals surface area contributed by atoms with E-state index in [2.05, 4.69) is 26.1 Å². The van der Waals surface area contributed by atoms with Crippen LogP contribution in [0.25, 0.3) is 0 Å². The summed E-state index contributed by atoms with van der Waals surface area (Å²) in [7, 11) is 0. The highest BCUT2D eigenvalue weighted by Gasteiger charge is 2.50. The van der Waals surface area contributed by atoms with Gasteiger partial charge in [0.05, 0.1) is 0 Å². The molecule has 1 nitrogen and oxygen atoms in total. The van der Waals surface area contributed by atoms with Crippen LogP contribution in [0.3, 0.4) is 0 Å². The largest absolute Gasteiger partial charge is 0.316 e. The monoisotopic (exact) mass is 253 g/mol. The molecule has 0 radical (unpaired) electrons. The molecule has 0 aliphatic heterocycles. The van der Waals surface area contributed by atoms with Crippen LogP contribution in [-0.4, -0.2) is 13.1 Å². The van der Waals surface area contributed by atoms with Crippen molar-refractivity contribution in [3.8, 4) is 0 Å². The number of hydrogen-bond acceptors (Lipinski definition) is 1. The Labute approximate surface area is 108 Å². The van der Waals surface area contributed by atoms with Gasteiger partial charge >= 0.3 is 0 Å². The maximum absolute atomic E-state index is 13.2. The number of halogens is 2. The van der Waals surface area contributed by atoms with Crippen molar-refractivity contribution in [1.29, 1.82) is 0 Å². The minimum absolute atomic E-state index is 0.0124. The number of nitrogens with one attached hydrogen (secondary N) is 1. The van der Waals surface area contributed by atoms with Gasteiger partial charge in [-0.1, -0.05) is 26.8 Å². The average Bonchev–Trinajstić information content (AvgIpc) is 2.94. The topological polar surface area (TPSA) is 12.0 Å². The lowest BCUT2D eigenvalue weighted by Crippen LogP contribution is -2.24. The lowest BCUT2D eigenvalue weighted by Gasteiger charge is -2.13. The summed E-state index contributed by atoms with van der Waals surface area (Å²) in [4.78, 5) is 0. The molecule has 18 heavy (non-hydrogen) atoms. The van der Waals surface area contributed by atoms with Crippen molar-refractivity contribution in [3.63, 3.8) is 0 Å². The van der Waals surface area contributed by atoms with Crippen LogP contribution in [-0.2, 0) is 5.41 Å². The molecular weight excluding hydrogens is 232 g/mol.